The largest absolute Gasteiger partial charge is 0.356 e. The van der Waals surface area contributed by atoms with E-state index in [1.165, 1.54) is 0 Å². The molecule has 1 saturated carbocycles. The topological polar surface area (TPSA) is 55.1 Å². The fourth-order valence-corrected chi connectivity index (χ4v) is 2.31. The van der Waals surface area contributed by atoms with Gasteiger partial charge < -0.3 is 11.1 Å². The highest BCUT2D eigenvalue weighted by atomic mass is 16.2. The highest BCUT2D eigenvalue weighted by molar-refractivity contribution is 5.83. The van der Waals surface area contributed by atoms with Crippen LogP contribution in [0.4, 0.5) is 0 Å². The lowest BCUT2D eigenvalue weighted by Gasteiger charge is -2.27. The van der Waals surface area contributed by atoms with E-state index in [2.05, 4.69) is 26.1 Å². The molecular weight excluding hydrogens is 200 g/mol. The fraction of sp³-hybridized carbons (Fsp3) is 0.923. The first-order valence-electron chi connectivity index (χ1n) is 6.38. The molecule has 0 aromatic heterocycles. The summed E-state index contributed by atoms with van der Waals surface area (Å²) in [6.07, 6.45) is 5.23. The van der Waals surface area contributed by atoms with Crippen molar-refractivity contribution in [3.63, 3.8) is 0 Å². The maximum Gasteiger partial charge on any atom is 0.227 e. The van der Waals surface area contributed by atoms with Gasteiger partial charge in [-0.05, 0) is 24.7 Å². The van der Waals surface area contributed by atoms with Gasteiger partial charge in [0.1, 0.15) is 0 Å². The zero-order valence-electron chi connectivity index (χ0n) is 10.9. The highest BCUT2D eigenvalue weighted by Crippen LogP contribution is 2.37. The van der Waals surface area contributed by atoms with Gasteiger partial charge in [-0.15, -0.1) is 0 Å². The molecule has 1 rings (SSSR count). The van der Waals surface area contributed by atoms with Crippen molar-refractivity contribution >= 4 is 5.91 Å². The van der Waals surface area contributed by atoms with Gasteiger partial charge in [-0.25, -0.2) is 0 Å². The van der Waals surface area contributed by atoms with Gasteiger partial charge in [-0.2, -0.15) is 0 Å². The molecule has 0 saturated heterocycles. The normalized spacial score (nSPS) is 19.8. The molecule has 0 aromatic rings. The third-order valence-electron chi connectivity index (χ3n) is 3.59. The molecule has 0 bridgehead atoms. The Morgan fingerprint density at radius 1 is 1.31 bits per heavy atom. The van der Waals surface area contributed by atoms with Crippen LogP contribution in [0.3, 0.4) is 0 Å². The van der Waals surface area contributed by atoms with Gasteiger partial charge in [0, 0.05) is 13.1 Å². The van der Waals surface area contributed by atoms with E-state index in [0.29, 0.717) is 6.54 Å². The molecular formula is C13H26N2O. The zero-order valence-corrected chi connectivity index (χ0v) is 10.9. The van der Waals surface area contributed by atoms with E-state index in [1.54, 1.807) is 0 Å². The van der Waals surface area contributed by atoms with E-state index < -0.39 is 0 Å². The van der Waals surface area contributed by atoms with Crippen LogP contribution in [0.25, 0.3) is 0 Å². The highest BCUT2D eigenvalue weighted by Gasteiger charge is 2.39. The van der Waals surface area contributed by atoms with Gasteiger partial charge in [-0.1, -0.05) is 33.6 Å². The number of carbonyl (C=O) groups excluding carboxylic acids is 1. The van der Waals surface area contributed by atoms with Crippen LogP contribution in [0.1, 0.15) is 52.9 Å². The predicted octanol–water partition coefficient (Wildman–Crippen LogP) is 2.06. The van der Waals surface area contributed by atoms with Gasteiger partial charge >= 0.3 is 0 Å². The van der Waals surface area contributed by atoms with Crippen molar-refractivity contribution in [3.8, 4) is 0 Å². The maximum atomic E-state index is 12.1. The Balaban J connectivity index is 2.39. The summed E-state index contributed by atoms with van der Waals surface area (Å²) in [6.45, 7) is 7.83. The molecule has 0 aliphatic heterocycles. The lowest BCUT2D eigenvalue weighted by atomic mass is 9.85. The second-order valence-electron chi connectivity index (χ2n) is 6.26. The molecule has 0 spiro atoms. The molecule has 94 valence electrons. The molecule has 3 heteroatoms. The van der Waals surface area contributed by atoms with Crippen molar-refractivity contribution in [1.82, 2.24) is 5.32 Å². The van der Waals surface area contributed by atoms with Crippen LogP contribution in [0.2, 0.25) is 0 Å². The van der Waals surface area contributed by atoms with E-state index in [4.69, 9.17) is 5.73 Å². The zero-order chi connectivity index (χ0) is 12.2. The fourth-order valence-electron chi connectivity index (χ4n) is 2.31. The number of amides is 1. The van der Waals surface area contributed by atoms with Crippen molar-refractivity contribution in [1.29, 1.82) is 0 Å². The Morgan fingerprint density at radius 2 is 1.88 bits per heavy atom. The van der Waals surface area contributed by atoms with E-state index in [1.807, 2.05) is 0 Å². The third-order valence-corrected chi connectivity index (χ3v) is 3.59. The first kappa shape index (κ1) is 13.5. The van der Waals surface area contributed by atoms with Crippen LogP contribution < -0.4 is 11.1 Å². The molecule has 0 heterocycles. The van der Waals surface area contributed by atoms with Crippen LogP contribution >= 0.6 is 0 Å². The number of nitrogens with one attached hydrogen (secondary N) is 1. The summed E-state index contributed by atoms with van der Waals surface area (Å²) in [5, 5.41) is 3.05. The monoisotopic (exact) mass is 226 g/mol. The van der Waals surface area contributed by atoms with Crippen molar-refractivity contribution in [2.24, 2.45) is 16.6 Å². The summed E-state index contributed by atoms with van der Waals surface area (Å²) in [6, 6.07) is 0. The lowest BCUT2D eigenvalue weighted by Crippen LogP contribution is -2.44. The molecule has 0 aromatic carbocycles. The van der Waals surface area contributed by atoms with Gasteiger partial charge in [0.05, 0.1) is 5.41 Å². The molecule has 1 amide bonds. The molecule has 3 N–H and O–H groups in total. The molecule has 1 aliphatic carbocycles. The molecule has 1 aliphatic rings. The predicted molar refractivity (Wildman–Crippen MR) is 67.0 cm³/mol. The van der Waals surface area contributed by atoms with Crippen LogP contribution in [0, 0.1) is 10.8 Å². The molecule has 1 fully saturated rings. The summed E-state index contributed by atoms with van der Waals surface area (Å²) in [4.78, 5) is 12.1. The molecule has 0 radical (unpaired) electrons. The van der Waals surface area contributed by atoms with Crippen molar-refractivity contribution < 1.29 is 4.79 Å². The minimum Gasteiger partial charge on any atom is -0.356 e. The van der Waals surface area contributed by atoms with Crippen molar-refractivity contribution in [3.05, 3.63) is 0 Å². The Labute approximate surface area is 99.2 Å². The number of hydrogen-bond acceptors (Lipinski definition) is 2. The van der Waals surface area contributed by atoms with Crippen LogP contribution in [0.15, 0.2) is 0 Å². The van der Waals surface area contributed by atoms with E-state index in [9.17, 15) is 4.79 Å². The number of rotatable bonds is 4. The van der Waals surface area contributed by atoms with Crippen molar-refractivity contribution in [2.75, 3.05) is 13.1 Å². The Morgan fingerprint density at radius 3 is 2.31 bits per heavy atom. The molecule has 0 atom stereocenters. The summed E-state index contributed by atoms with van der Waals surface area (Å²) in [7, 11) is 0. The van der Waals surface area contributed by atoms with Crippen LogP contribution in [0.5, 0.6) is 0 Å². The van der Waals surface area contributed by atoms with E-state index in [-0.39, 0.29) is 16.7 Å². The Bertz CT molecular complexity index is 237. The van der Waals surface area contributed by atoms with Crippen LogP contribution in [-0.4, -0.2) is 19.0 Å². The quantitative estimate of drug-likeness (QED) is 0.771. The second kappa shape index (κ2) is 5.17. The number of hydrogen-bond donors (Lipinski definition) is 2. The first-order valence-corrected chi connectivity index (χ1v) is 6.38. The average Bonchev–Trinajstić information content (AvgIpc) is 2.65. The summed E-state index contributed by atoms with van der Waals surface area (Å²) >= 11 is 0. The summed E-state index contributed by atoms with van der Waals surface area (Å²) in [5.74, 6) is 0.178. The summed E-state index contributed by atoms with van der Waals surface area (Å²) < 4.78 is 0. The number of nitrogens with two attached hydrogens (primary N) is 1. The van der Waals surface area contributed by atoms with Gasteiger partial charge in [0.25, 0.3) is 0 Å². The minimum atomic E-state index is -0.252. The van der Waals surface area contributed by atoms with Gasteiger partial charge in [0.2, 0.25) is 5.91 Å². The standard InChI is InChI=1S/C13H26N2O/c1-12(2,3)8-9-15-11(16)13(10-14)6-4-5-7-13/h4-10,14H2,1-3H3,(H,15,16). The SMILES string of the molecule is CC(C)(C)CCNC(=O)C1(CN)CCCC1. The Kier molecular flexibility index (Phi) is 4.36. The summed E-state index contributed by atoms with van der Waals surface area (Å²) in [5.41, 5.74) is 5.79. The molecule has 0 unspecified atom stereocenters. The minimum absolute atomic E-state index is 0.178. The van der Waals surface area contributed by atoms with Crippen LogP contribution in [-0.2, 0) is 4.79 Å². The Hall–Kier alpha value is -0.570. The van der Waals surface area contributed by atoms with Crippen molar-refractivity contribution in [2.45, 2.75) is 52.9 Å². The maximum absolute atomic E-state index is 12.1. The van der Waals surface area contributed by atoms with E-state index >= 15 is 0 Å². The second-order valence-corrected chi connectivity index (χ2v) is 6.26. The lowest BCUT2D eigenvalue weighted by molar-refractivity contribution is -0.130. The first-order chi connectivity index (χ1) is 7.40. The molecule has 16 heavy (non-hydrogen) atoms. The smallest absolute Gasteiger partial charge is 0.227 e. The molecule has 3 nitrogen and oxygen atoms in total. The van der Waals surface area contributed by atoms with Gasteiger partial charge in [0.15, 0.2) is 0 Å². The number of carbonyl (C=O) groups is 1. The average molecular weight is 226 g/mol. The van der Waals surface area contributed by atoms with Gasteiger partial charge in [-0.3, -0.25) is 4.79 Å². The third kappa shape index (κ3) is 3.48. The van der Waals surface area contributed by atoms with E-state index in [0.717, 1.165) is 38.6 Å².